The van der Waals surface area contributed by atoms with E-state index in [1.165, 1.54) is 12.0 Å². The van der Waals surface area contributed by atoms with Crippen molar-refractivity contribution < 1.29 is 22.7 Å². The largest absolute Gasteiger partial charge is 0.497 e. The van der Waals surface area contributed by atoms with Gasteiger partial charge in [0.15, 0.2) is 0 Å². The molecule has 2 atom stereocenters. The second-order valence-corrected chi connectivity index (χ2v) is 10.2. The molecule has 2 aromatic carbocycles. The predicted octanol–water partition coefficient (Wildman–Crippen LogP) is 2.84. The molecule has 186 valence electrons. The molecule has 0 bridgehead atoms. The third-order valence-electron chi connectivity index (χ3n) is 5.69. The second kappa shape index (κ2) is 12.4. The van der Waals surface area contributed by atoms with Gasteiger partial charge in [-0.05, 0) is 56.5 Å². The summed E-state index contributed by atoms with van der Waals surface area (Å²) in [5.41, 5.74) is 1.36. The maximum atomic E-state index is 13.4. The van der Waals surface area contributed by atoms with Crippen LogP contribution in [0.3, 0.4) is 0 Å². The van der Waals surface area contributed by atoms with Crippen LogP contribution in [0.5, 0.6) is 5.75 Å². The summed E-state index contributed by atoms with van der Waals surface area (Å²) in [6, 6.07) is 15.3. The number of hydrogen-bond acceptors (Lipinski definition) is 5. The fourth-order valence-electron chi connectivity index (χ4n) is 3.40. The molecule has 2 aromatic rings. The molecule has 0 saturated carbocycles. The fourth-order valence-corrected chi connectivity index (χ4v) is 4.25. The predicted molar refractivity (Wildman–Crippen MR) is 134 cm³/mol. The third kappa shape index (κ3) is 7.76. The molecule has 9 heteroatoms. The first-order chi connectivity index (χ1) is 16.1. The Morgan fingerprint density at radius 1 is 1.03 bits per heavy atom. The fraction of sp³-hybridized carbons (Fsp3) is 0.440. The van der Waals surface area contributed by atoms with Gasteiger partial charge in [-0.15, -0.1) is 0 Å². The van der Waals surface area contributed by atoms with E-state index in [9.17, 15) is 18.0 Å². The highest BCUT2D eigenvalue weighted by atomic mass is 32.2. The minimum Gasteiger partial charge on any atom is -0.497 e. The Morgan fingerprint density at radius 3 is 2.18 bits per heavy atom. The Hall–Kier alpha value is -3.07. The van der Waals surface area contributed by atoms with Crippen LogP contribution >= 0.6 is 0 Å². The van der Waals surface area contributed by atoms with Crippen LogP contribution in [0.2, 0.25) is 0 Å². The lowest BCUT2D eigenvalue weighted by molar-refractivity contribution is -0.139. The van der Waals surface area contributed by atoms with E-state index in [-0.39, 0.29) is 18.5 Å². The monoisotopic (exact) mass is 489 g/mol. The number of nitrogens with one attached hydrogen (secondary N) is 1. The first-order valence-electron chi connectivity index (χ1n) is 11.3. The summed E-state index contributed by atoms with van der Waals surface area (Å²) in [6.07, 6.45) is 2.35. The van der Waals surface area contributed by atoms with Crippen molar-refractivity contribution in [2.75, 3.05) is 30.8 Å². The molecule has 0 aliphatic heterocycles. The molecule has 0 unspecified atom stereocenters. The zero-order valence-corrected chi connectivity index (χ0v) is 21.3. The summed E-state index contributed by atoms with van der Waals surface area (Å²) in [5.74, 6) is -0.154. The molecule has 0 spiro atoms. The lowest BCUT2D eigenvalue weighted by Gasteiger charge is -2.32. The van der Waals surface area contributed by atoms with Crippen molar-refractivity contribution in [1.82, 2.24) is 10.2 Å². The van der Waals surface area contributed by atoms with E-state index < -0.39 is 28.5 Å². The molecule has 34 heavy (non-hydrogen) atoms. The Balaban J connectivity index is 2.29. The summed E-state index contributed by atoms with van der Waals surface area (Å²) in [5, 5.41) is 2.91. The number of carbonyl (C=O) groups is 2. The summed E-state index contributed by atoms with van der Waals surface area (Å²) in [7, 11) is -2.24. The number of carbonyl (C=O) groups excluding carboxylic acids is 2. The average molecular weight is 490 g/mol. The maximum Gasteiger partial charge on any atom is 0.244 e. The van der Waals surface area contributed by atoms with Gasteiger partial charge in [-0.1, -0.05) is 37.3 Å². The van der Waals surface area contributed by atoms with Crippen molar-refractivity contribution in [1.29, 1.82) is 0 Å². The summed E-state index contributed by atoms with van der Waals surface area (Å²) >= 11 is 0. The number of sulfonamides is 1. The van der Waals surface area contributed by atoms with Gasteiger partial charge in [0, 0.05) is 12.6 Å². The molecule has 0 saturated heterocycles. The van der Waals surface area contributed by atoms with Crippen molar-refractivity contribution in [2.45, 2.75) is 45.7 Å². The first kappa shape index (κ1) is 27.2. The standard InChI is InChI=1S/C25H35N3O5S/c1-6-19(2)26-25(30)20(3)27(17-16-21-10-8-7-9-11-21)24(29)18-28(34(5,31)32)22-12-14-23(33-4)15-13-22/h7-15,19-20H,6,16-18H2,1-5H3,(H,26,30)/t19-,20+/m1/s1. The number of hydrogen-bond donors (Lipinski definition) is 1. The van der Waals surface area contributed by atoms with Crippen molar-refractivity contribution >= 4 is 27.5 Å². The van der Waals surface area contributed by atoms with Crippen LogP contribution in [0.1, 0.15) is 32.8 Å². The van der Waals surface area contributed by atoms with Crippen LogP contribution in [-0.2, 0) is 26.0 Å². The smallest absolute Gasteiger partial charge is 0.244 e. The van der Waals surface area contributed by atoms with Crippen LogP contribution in [0.25, 0.3) is 0 Å². The van der Waals surface area contributed by atoms with Gasteiger partial charge >= 0.3 is 0 Å². The van der Waals surface area contributed by atoms with Crippen molar-refractivity contribution in [3.05, 3.63) is 60.2 Å². The molecular weight excluding hydrogens is 454 g/mol. The highest BCUT2D eigenvalue weighted by molar-refractivity contribution is 7.92. The summed E-state index contributed by atoms with van der Waals surface area (Å²) < 4.78 is 31.3. The van der Waals surface area contributed by atoms with Crippen LogP contribution in [0.15, 0.2) is 54.6 Å². The molecule has 0 radical (unpaired) electrons. The Morgan fingerprint density at radius 2 is 1.65 bits per heavy atom. The number of amides is 2. The average Bonchev–Trinajstić information content (AvgIpc) is 2.82. The SMILES string of the molecule is CC[C@@H](C)NC(=O)[C@H](C)N(CCc1ccccc1)C(=O)CN(c1ccc(OC)cc1)S(C)(=O)=O. The van der Waals surface area contributed by atoms with E-state index in [4.69, 9.17) is 4.74 Å². The Kier molecular flexibility index (Phi) is 9.92. The third-order valence-corrected chi connectivity index (χ3v) is 6.83. The van der Waals surface area contributed by atoms with E-state index in [1.54, 1.807) is 31.2 Å². The molecule has 0 fully saturated rings. The van der Waals surface area contributed by atoms with E-state index in [0.29, 0.717) is 17.9 Å². The normalized spacial score (nSPS) is 13.0. The van der Waals surface area contributed by atoms with Gasteiger partial charge in [0.05, 0.1) is 19.1 Å². The zero-order valence-electron chi connectivity index (χ0n) is 20.5. The minimum atomic E-state index is -3.76. The van der Waals surface area contributed by atoms with E-state index in [1.807, 2.05) is 44.2 Å². The zero-order chi connectivity index (χ0) is 25.3. The molecule has 0 aliphatic carbocycles. The van der Waals surface area contributed by atoms with Crippen LogP contribution in [0.4, 0.5) is 5.69 Å². The topological polar surface area (TPSA) is 96.0 Å². The highest BCUT2D eigenvalue weighted by Crippen LogP contribution is 2.22. The highest BCUT2D eigenvalue weighted by Gasteiger charge is 2.30. The van der Waals surface area contributed by atoms with Gasteiger partial charge in [0.2, 0.25) is 21.8 Å². The molecule has 2 rings (SSSR count). The van der Waals surface area contributed by atoms with E-state index in [2.05, 4.69) is 5.32 Å². The first-order valence-corrected chi connectivity index (χ1v) is 13.2. The summed E-state index contributed by atoms with van der Waals surface area (Å²) in [6.45, 7) is 5.39. The van der Waals surface area contributed by atoms with Gasteiger partial charge < -0.3 is 15.0 Å². The second-order valence-electron chi connectivity index (χ2n) is 8.28. The van der Waals surface area contributed by atoms with Gasteiger partial charge in [0.25, 0.3) is 0 Å². The maximum absolute atomic E-state index is 13.4. The Bertz CT molecular complexity index is 1040. The number of nitrogens with zero attached hydrogens (tertiary/aromatic N) is 2. The lowest BCUT2D eigenvalue weighted by Crippen LogP contribution is -2.53. The number of rotatable bonds is 12. The van der Waals surface area contributed by atoms with Gasteiger partial charge in [-0.25, -0.2) is 8.42 Å². The quantitative estimate of drug-likeness (QED) is 0.495. The van der Waals surface area contributed by atoms with Gasteiger partial charge in [0.1, 0.15) is 18.3 Å². The number of benzene rings is 2. The number of methoxy groups -OCH3 is 1. The molecule has 0 heterocycles. The molecular formula is C25H35N3O5S. The minimum absolute atomic E-state index is 0.0344. The number of anilines is 1. The van der Waals surface area contributed by atoms with Gasteiger partial charge in [-0.2, -0.15) is 0 Å². The van der Waals surface area contributed by atoms with Crippen molar-refractivity contribution in [2.24, 2.45) is 0 Å². The van der Waals surface area contributed by atoms with Crippen LogP contribution < -0.4 is 14.4 Å². The summed E-state index contributed by atoms with van der Waals surface area (Å²) in [4.78, 5) is 27.7. The molecule has 1 N–H and O–H groups in total. The lowest BCUT2D eigenvalue weighted by atomic mass is 10.1. The molecule has 8 nitrogen and oxygen atoms in total. The Labute approximate surface area is 202 Å². The molecule has 0 aliphatic rings. The van der Waals surface area contributed by atoms with E-state index in [0.717, 1.165) is 22.5 Å². The van der Waals surface area contributed by atoms with Gasteiger partial charge in [-0.3, -0.25) is 13.9 Å². The molecule has 0 aromatic heterocycles. The van der Waals surface area contributed by atoms with Crippen LogP contribution in [0, 0.1) is 0 Å². The van der Waals surface area contributed by atoms with Crippen molar-refractivity contribution in [3.8, 4) is 5.75 Å². The number of ether oxygens (including phenoxy) is 1. The van der Waals surface area contributed by atoms with Crippen molar-refractivity contribution in [3.63, 3.8) is 0 Å². The van der Waals surface area contributed by atoms with E-state index >= 15 is 0 Å². The van der Waals surface area contributed by atoms with Crippen LogP contribution in [-0.4, -0.2) is 63.7 Å². The molecule has 2 amide bonds.